The van der Waals surface area contributed by atoms with E-state index >= 15 is 0 Å². The molecule has 0 spiro atoms. The van der Waals surface area contributed by atoms with Crippen LogP contribution in [0.2, 0.25) is 0 Å². The van der Waals surface area contributed by atoms with Gasteiger partial charge in [0.2, 0.25) is 5.95 Å². The van der Waals surface area contributed by atoms with Crippen LogP contribution in [0, 0.1) is 0 Å². The highest BCUT2D eigenvalue weighted by molar-refractivity contribution is 5.60. The van der Waals surface area contributed by atoms with Gasteiger partial charge in [0.15, 0.2) is 0 Å². The van der Waals surface area contributed by atoms with Gasteiger partial charge in [0.1, 0.15) is 0 Å². The van der Waals surface area contributed by atoms with E-state index < -0.39 is 0 Å². The van der Waals surface area contributed by atoms with Gasteiger partial charge in [0, 0.05) is 50.7 Å². The van der Waals surface area contributed by atoms with Gasteiger partial charge in [-0.1, -0.05) is 48.5 Å². The lowest BCUT2D eigenvalue weighted by molar-refractivity contribution is 0.639. The number of para-hydroxylation sites is 1. The quantitative estimate of drug-likeness (QED) is 0.621. The number of aliphatic imine (C=N–C) groups is 1. The summed E-state index contributed by atoms with van der Waals surface area (Å²) in [6.45, 7) is 4.54. The van der Waals surface area contributed by atoms with E-state index in [-0.39, 0.29) is 0 Å². The number of hydrogen-bond donors (Lipinski definition) is 0. The first-order valence-electron chi connectivity index (χ1n) is 9.77. The van der Waals surface area contributed by atoms with Crippen LogP contribution in [-0.2, 0) is 13.0 Å². The Balaban J connectivity index is 1.31. The Morgan fingerprint density at radius 2 is 1.50 bits per heavy atom. The van der Waals surface area contributed by atoms with Gasteiger partial charge >= 0.3 is 0 Å². The molecule has 1 aliphatic rings. The molecule has 0 saturated carbocycles. The molecule has 0 radical (unpaired) electrons. The van der Waals surface area contributed by atoms with Crippen molar-refractivity contribution in [3.8, 4) is 0 Å². The molecule has 5 heteroatoms. The lowest BCUT2D eigenvalue weighted by atomic mass is 10.2. The zero-order valence-corrected chi connectivity index (χ0v) is 16.0. The van der Waals surface area contributed by atoms with E-state index in [0.717, 1.165) is 44.2 Å². The van der Waals surface area contributed by atoms with Gasteiger partial charge in [-0.05, 0) is 23.8 Å². The van der Waals surface area contributed by atoms with Crippen molar-refractivity contribution in [2.75, 3.05) is 36.0 Å². The molecule has 3 aromatic rings. The molecular formula is C23H25N5. The summed E-state index contributed by atoms with van der Waals surface area (Å²) in [7, 11) is 0. The van der Waals surface area contributed by atoms with Gasteiger partial charge in [0.05, 0.1) is 12.2 Å². The Hall–Kier alpha value is -3.21. The molecule has 0 N–H and O–H groups in total. The van der Waals surface area contributed by atoms with Crippen LogP contribution < -0.4 is 9.80 Å². The van der Waals surface area contributed by atoms with Crippen molar-refractivity contribution in [3.05, 3.63) is 84.2 Å². The van der Waals surface area contributed by atoms with E-state index in [4.69, 9.17) is 4.98 Å². The van der Waals surface area contributed by atoms with Crippen LogP contribution in [0.5, 0.6) is 0 Å². The van der Waals surface area contributed by atoms with Crippen LogP contribution in [0.25, 0.3) is 0 Å². The first-order chi connectivity index (χ1) is 13.9. The van der Waals surface area contributed by atoms with Gasteiger partial charge in [-0.25, -0.2) is 9.97 Å². The third-order valence-electron chi connectivity index (χ3n) is 4.93. The Kier molecular flexibility index (Phi) is 5.92. The fourth-order valence-electron chi connectivity index (χ4n) is 3.37. The average molecular weight is 371 g/mol. The zero-order chi connectivity index (χ0) is 19.0. The molecule has 142 valence electrons. The maximum Gasteiger partial charge on any atom is 0.225 e. The van der Waals surface area contributed by atoms with Crippen LogP contribution in [0.15, 0.2) is 77.9 Å². The molecule has 2 heterocycles. The molecule has 1 aliphatic heterocycles. The van der Waals surface area contributed by atoms with Crippen molar-refractivity contribution < 1.29 is 0 Å². The van der Waals surface area contributed by atoms with Gasteiger partial charge in [-0.2, -0.15) is 0 Å². The second-order valence-corrected chi connectivity index (χ2v) is 6.87. The Labute approximate surface area is 166 Å². The Morgan fingerprint density at radius 1 is 0.821 bits per heavy atom. The maximum absolute atomic E-state index is 4.74. The second kappa shape index (κ2) is 9.13. The summed E-state index contributed by atoms with van der Waals surface area (Å²) >= 11 is 0. The lowest BCUT2D eigenvalue weighted by Gasteiger charge is -2.36. The minimum absolute atomic E-state index is 0.709. The van der Waals surface area contributed by atoms with E-state index in [9.17, 15) is 0 Å². The molecule has 1 fully saturated rings. The fourth-order valence-corrected chi connectivity index (χ4v) is 3.37. The van der Waals surface area contributed by atoms with E-state index in [1.54, 1.807) is 0 Å². The van der Waals surface area contributed by atoms with Gasteiger partial charge in [-0.15, -0.1) is 0 Å². The molecule has 5 nitrogen and oxygen atoms in total. The van der Waals surface area contributed by atoms with E-state index in [2.05, 4.69) is 62.2 Å². The third-order valence-corrected chi connectivity index (χ3v) is 4.93. The third kappa shape index (κ3) is 4.74. The molecule has 0 amide bonds. The van der Waals surface area contributed by atoms with Crippen LogP contribution >= 0.6 is 0 Å². The molecule has 1 aromatic heterocycles. The van der Waals surface area contributed by atoms with Crippen LogP contribution in [0.4, 0.5) is 11.6 Å². The molecular weight excluding hydrogens is 346 g/mol. The number of anilines is 2. The maximum atomic E-state index is 4.74. The van der Waals surface area contributed by atoms with Crippen molar-refractivity contribution in [2.24, 2.45) is 4.99 Å². The molecule has 1 saturated heterocycles. The first kappa shape index (κ1) is 18.2. The second-order valence-electron chi connectivity index (χ2n) is 6.87. The summed E-state index contributed by atoms with van der Waals surface area (Å²) in [5.74, 6) is 0.821. The number of rotatable bonds is 6. The first-order valence-corrected chi connectivity index (χ1v) is 9.77. The molecule has 0 atom stereocenters. The van der Waals surface area contributed by atoms with Gasteiger partial charge < -0.3 is 9.80 Å². The average Bonchev–Trinajstić information content (AvgIpc) is 2.78. The van der Waals surface area contributed by atoms with Crippen molar-refractivity contribution >= 4 is 17.9 Å². The molecule has 0 unspecified atom stereocenters. The normalized spacial score (nSPS) is 14.6. The number of nitrogens with zero attached hydrogens (tertiary/aromatic N) is 5. The Morgan fingerprint density at radius 3 is 2.25 bits per heavy atom. The van der Waals surface area contributed by atoms with Crippen molar-refractivity contribution in [1.29, 1.82) is 0 Å². The summed E-state index contributed by atoms with van der Waals surface area (Å²) in [4.78, 5) is 18.4. The molecule has 0 bridgehead atoms. The summed E-state index contributed by atoms with van der Waals surface area (Å²) in [5, 5.41) is 0. The minimum atomic E-state index is 0.709. The van der Waals surface area contributed by atoms with Crippen molar-refractivity contribution in [1.82, 2.24) is 9.97 Å². The summed E-state index contributed by atoms with van der Waals surface area (Å²) < 4.78 is 0. The number of benzene rings is 2. The fraction of sp³-hybridized carbons (Fsp3) is 0.261. The van der Waals surface area contributed by atoms with Crippen LogP contribution in [0.1, 0.15) is 11.3 Å². The van der Waals surface area contributed by atoms with E-state index in [1.807, 2.05) is 36.7 Å². The minimum Gasteiger partial charge on any atom is -0.368 e. The predicted octanol–water partition coefficient (Wildman–Crippen LogP) is 3.62. The molecule has 28 heavy (non-hydrogen) atoms. The summed E-state index contributed by atoms with van der Waals surface area (Å²) in [5.41, 5.74) is 3.51. The predicted molar refractivity (Wildman–Crippen MR) is 115 cm³/mol. The smallest absolute Gasteiger partial charge is 0.225 e. The van der Waals surface area contributed by atoms with Gasteiger partial charge in [0.25, 0.3) is 0 Å². The van der Waals surface area contributed by atoms with E-state index in [1.165, 1.54) is 11.3 Å². The molecule has 2 aromatic carbocycles. The van der Waals surface area contributed by atoms with E-state index in [0.29, 0.717) is 6.54 Å². The van der Waals surface area contributed by atoms with Crippen molar-refractivity contribution in [3.63, 3.8) is 0 Å². The number of hydrogen-bond acceptors (Lipinski definition) is 5. The highest BCUT2D eigenvalue weighted by Gasteiger charge is 2.19. The standard InChI is InChI=1S/C23H25N5/c1-3-7-20(8-4-1)19-24-13-11-21-12-14-25-23(26-21)28-17-15-27(16-18-28)22-9-5-2-6-10-22/h1-10,12-14H,11,15-19H2. The number of aromatic nitrogens is 2. The van der Waals surface area contributed by atoms with Crippen LogP contribution in [0.3, 0.4) is 0 Å². The largest absolute Gasteiger partial charge is 0.368 e. The SMILES string of the molecule is C(Cc1ccnc(N2CCN(c3ccccc3)CC2)n1)=NCc1ccccc1. The van der Waals surface area contributed by atoms with Crippen molar-refractivity contribution in [2.45, 2.75) is 13.0 Å². The zero-order valence-electron chi connectivity index (χ0n) is 16.0. The topological polar surface area (TPSA) is 44.6 Å². The summed E-state index contributed by atoms with van der Waals surface area (Å²) in [6.07, 6.45) is 4.53. The highest BCUT2D eigenvalue weighted by Crippen LogP contribution is 2.18. The van der Waals surface area contributed by atoms with Crippen LogP contribution in [-0.4, -0.2) is 42.4 Å². The molecule has 0 aliphatic carbocycles. The lowest BCUT2D eigenvalue weighted by Crippen LogP contribution is -2.47. The van der Waals surface area contributed by atoms with Gasteiger partial charge in [-0.3, -0.25) is 4.99 Å². The number of piperazine rings is 1. The monoisotopic (exact) mass is 371 g/mol. The Bertz CT molecular complexity index is 887. The highest BCUT2D eigenvalue weighted by atomic mass is 15.3. The summed E-state index contributed by atoms with van der Waals surface area (Å²) in [6, 6.07) is 22.8. The molecule has 4 rings (SSSR count).